The SMILES string of the molecule is COCCCSCc1ccc(CN)cc1F. The highest BCUT2D eigenvalue weighted by Crippen LogP contribution is 2.17. The lowest BCUT2D eigenvalue weighted by molar-refractivity contribution is 0.200. The zero-order valence-corrected chi connectivity index (χ0v) is 10.4. The van der Waals surface area contributed by atoms with Gasteiger partial charge in [-0.1, -0.05) is 12.1 Å². The Kier molecular flexibility index (Phi) is 6.45. The molecule has 0 saturated heterocycles. The van der Waals surface area contributed by atoms with E-state index in [1.54, 1.807) is 18.9 Å². The number of methoxy groups -OCH3 is 1. The number of ether oxygens (including phenoxy) is 1. The Hall–Kier alpha value is -0.580. The number of thioether (sulfide) groups is 1. The highest BCUT2D eigenvalue weighted by atomic mass is 32.2. The van der Waals surface area contributed by atoms with Crippen molar-refractivity contribution in [3.8, 4) is 0 Å². The second-order valence-electron chi connectivity index (χ2n) is 3.53. The van der Waals surface area contributed by atoms with Gasteiger partial charge in [-0.25, -0.2) is 4.39 Å². The van der Waals surface area contributed by atoms with Gasteiger partial charge in [0.05, 0.1) is 0 Å². The van der Waals surface area contributed by atoms with Gasteiger partial charge < -0.3 is 10.5 Å². The lowest BCUT2D eigenvalue weighted by Gasteiger charge is -2.05. The van der Waals surface area contributed by atoms with E-state index < -0.39 is 0 Å². The topological polar surface area (TPSA) is 35.2 Å². The fraction of sp³-hybridized carbons (Fsp3) is 0.500. The van der Waals surface area contributed by atoms with E-state index in [4.69, 9.17) is 10.5 Å². The van der Waals surface area contributed by atoms with Crippen LogP contribution in [0.3, 0.4) is 0 Å². The van der Waals surface area contributed by atoms with Crippen molar-refractivity contribution < 1.29 is 9.13 Å². The van der Waals surface area contributed by atoms with Crippen LogP contribution in [0.1, 0.15) is 17.5 Å². The van der Waals surface area contributed by atoms with Gasteiger partial charge in [0, 0.05) is 26.0 Å². The van der Waals surface area contributed by atoms with Crippen molar-refractivity contribution in [2.24, 2.45) is 5.73 Å². The maximum atomic E-state index is 13.5. The van der Waals surface area contributed by atoms with Gasteiger partial charge in [-0.3, -0.25) is 0 Å². The third kappa shape index (κ3) is 4.51. The molecule has 0 saturated carbocycles. The summed E-state index contributed by atoms with van der Waals surface area (Å²) in [7, 11) is 1.69. The summed E-state index contributed by atoms with van der Waals surface area (Å²) in [6.45, 7) is 1.15. The van der Waals surface area contributed by atoms with Gasteiger partial charge in [-0.05, 0) is 29.4 Å². The number of halogens is 1. The maximum Gasteiger partial charge on any atom is 0.127 e. The Morgan fingerprint density at radius 1 is 1.44 bits per heavy atom. The van der Waals surface area contributed by atoms with Crippen molar-refractivity contribution in [3.05, 3.63) is 35.1 Å². The number of rotatable bonds is 7. The monoisotopic (exact) mass is 243 g/mol. The Morgan fingerprint density at radius 3 is 2.88 bits per heavy atom. The Morgan fingerprint density at radius 2 is 2.25 bits per heavy atom. The lowest BCUT2D eigenvalue weighted by atomic mass is 10.1. The minimum atomic E-state index is -0.151. The van der Waals surface area contributed by atoms with Crippen LogP contribution in [-0.4, -0.2) is 19.5 Å². The first-order valence-electron chi connectivity index (χ1n) is 5.32. The van der Waals surface area contributed by atoms with Gasteiger partial charge in [0.1, 0.15) is 5.82 Å². The molecule has 0 heterocycles. The molecular weight excluding hydrogens is 225 g/mol. The molecule has 1 aromatic rings. The first-order chi connectivity index (χ1) is 7.77. The minimum absolute atomic E-state index is 0.151. The molecule has 0 radical (unpaired) electrons. The fourth-order valence-electron chi connectivity index (χ4n) is 1.32. The van der Waals surface area contributed by atoms with Gasteiger partial charge in [0.15, 0.2) is 0 Å². The van der Waals surface area contributed by atoms with E-state index >= 15 is 0 Å². The largest absolute Gasteiger partial charge is 0.385 e. The van der Waals surface area contributed by atoms with Gasteiger partial charge in [0.2, 0.25) is 0 Å². The molecular formula is C12H18FNOS. The smallest absolute Gasteiger partial charge is 0.127 e. The summed E-state index contributed by atoms with van der Waals surface area (Å²) in [5.41, 5.74) is 7.03. The molecule has 0 aliphatic heterocycles. The van der Waals surface area contributed by atoms with E-state index in [0.29, 0.717) is 12.3 Å². The van der Waals surface area contributed by atoms with Crippen LogP contribution in [0.4, 0.5) is 4.39 Å². The number of hydrogen-bond acceptors (Lipinski definition) is 3. The zero-order valence-electron chi connectivity index (χ0n) is 9.54. The standard InChI is InChI=1S/C12H18FNOS/c1-15-5-2-6-16-9-11-4-3-10(8-14)7-12(11)13/h3-4,7H,2,5-6,8-9,14H2,1H3. The molecule has 0 unspecified atom stereocenters. The molecule has 0 fully saturated rings. The van der Waals surface area contributed by atoms with Crippen LogP contribution in [0, 0.1) is 5.82 Å². The molecule has 0 atom stereocenters. The molecule has 4 heteroatoms. The molecule has 90 valence electrons. The molecule has 0 aromatic heterocycles. The summed E-state index contributed by atoms with van der Waals surface area (Å²) in [6.07, 6.45) is 1.00. The van der Waals surface area contributed by atoms with E-state index in [-0.39, 0.29) is 5.82 Å². The molecule has 1 aromatic carbocycles. The van der Waals surface area contributed by atoms with E-state index in [0.717, 1.165) is 29.9 Å². The van der Waals surface area contributed by atoms with Gasteiger partial charge >= 0.3 is 0 Å². The predicted octanol–water partition coefficient (Wildman–Crippen LogP) is 2.55. The average molecular weight is 243 g/mol. The molecule has 0 amide bonds. The minimum Gasteiger partial charge on any atom is -0.385 e. The summed E-state index contributed by atoms with van der Waals surface area (Å²) in [6, 6.07) is 5.22. The zero-order chi connectivity index (χ0) is 11.8. The van der Waals surface area contributed by atoms with Crippen LogP contribution in [0.25, 0.3) is 0 Å². The first kappa shape index (κ1) is 13.5. The highest BCUT2D eigenvalue weighted by Gasteiger charge is 2.02. The number of nitrogens with two attached hydrogens (primary N) is 1. The van der Waals surface area contributed by atoms with E-state index in [1.807, 2.05) is 12.1 Å². The molecule has 2 N–H and O–H groups in total. The van der Waals surface area contributed by atoms with E-state index in [1.165, 1.54) is 6.07 Å². The third-order valence-electron chi connectivity index (χ3n) is 2.25. The van der Waals surface area contributed by atoms with Crippen molar-refractivity contribution in [1.82, 2.24) is 0 Å². The molecule has 0 bridgehead atoms. The number of hydrogen-bond donors (Lipinski definition) is 1. The van der Waals surface area contributed by atoms with Crippen molar-refractivity contribution in [3.63, 3.8) is 0 Å². The third-order valence-corrected chi connectivity index (χ3v) is 3.34. The Labute approximate surface area is 100 Å². The van der Waals surface area contributed by atoms with Crippen LogP contribution >= 0.6 is 11.8 Å². The molecule has 0 aliphatic rings. The maximum absolute atomic E-state index is 13.5. The molecule has 0 aliphatic carbocycles. The van der Waals surface area contributed by atoms with Crippen molar-refractivity contribution >= 4 is 11.8 Å². The molecule has 2 nitrogen and oxygen atoms in total. The van der Waals surface area contributed by atoms with Gasteiger partial charge in [0.25, 0.3) is 0 Å². The number of benzene rings is 1. The van der Waals surface area contributed by atoms with Crippen LogP contribution < -0.4 is 5.73 Å². The van der Waals surface area contributed by atoms with Crippen molar-refractivity contribution in [1.29, 1.82) is 0 Å². The molecule has 1 rings (SSSR count). The molecule has 0 spiro atoms. The average Bonchev–Trinajstić information content (AvgIpc) is 2.30. The lowest BCUT2D eigenvalue weighted by Crippen LogP contribution is -1.98. The van der Waals surface area contributed by atoms with Crippen LogP contribution in [0.5, 0.6) is 0 Å². The molecule has 16 heavy (non-hydrogen) atoms. The quantitative estimate of drug-likeness (QED) is 0.747. The Bertz CT molecular complexity index is 320. The summed E-state index contributed by atoms with van der Waals surface area (Å²) in [5.74, 6) is 1.55. The van der Waals surface area contributed by atoms with E-state index in [9.17, 15) is 4.39 Å². The highest BCUT2D eigenvalue weighted by molar-refractivity contribution is 7.98. The summed E-state index contributed by atoms with van der Waals surface area (Å²) in [5, 5.41) is 0. The van der Waals surface area contributed by atoms with E-state index in [2.05, 4.69) is 0 Å². The summed E-state index contributed by atoms with van der Waals surface area (Å²) >= 11 is 1.72. The summed E-state index contributed by atoms with van der Waals surface area (Å²) < 4.78 is 18.5. The summed E-state index contributed by atoms with van der Waals surface area (Å²) in [4.78, 5) is 0. The normalized spacial score (nSPS) is 10.7. The first-order valence-corrected chi connectivity index (χ1v) is 6.47. The second-order valence-corrected chi connectivity index (χ2v) is 4.63. The van der Waals surface area contributed by atoms with Crippen LogP contribution in [-0.2, 0) is 17.0 Å². The van der Waals surface area contributed by atoms with Crippen molar-refractivity contribution in [2.45, 2.75) is 18.7 Å². The van der Waals surface area contributed by atoms with Gasteiger partial charge in [-0.2, -0.15) is 11.8 Å². The van der Waals surface area contributed by atoms with Crippen LogP contribution in [0.15, 0.2) is 18.2 Å². The second kappa shape index (κ2) is 7.65. The van der Waals surface area contributed by atoms with Crippen molar-refractivity contribution in [2.75, 3.05) is 19.5 Å². The van der Waals surface area contributed by atoms with Crippen LogP contribution in [0.2, 0.25) is 0 Å². The fourth-order valence-corrected chi connectivity index (χ4v) is 2.24. The Balaban J connectivity index is 2.36. The van der Waals surface area contributed by atoms with Gasteiger partial charge in [-0.15, -0.1) is 0 Å². The predicted molar refractivity (Wildman–Crippen MR) is 66.9 cm³/mol.